The third-order valence-corrected chi connectivity index (χ3v) is 4.99. The Kier molecular flexibility index (Phi) is 5.56. The highest BCUT2D eigenvalue weighted by atomic mass is 16.5. The first kappa shape index (κ1) is 20.1. The molecule has 1 aromatic heterocycles. The van der Waals surface area contributed by atoms with E-state index in [-0.39, 0.29) is 30.0 Å². The van der Waals surface area contributed by atoms with Crippen LogP contribution in [0.15, 0.2) is 35.1 Å². The van der Waals surface area contributed by atoms with Crippen molar-refractivity contribution in [1.29, 1.82) is 0 Å². The van der Waals surface area contributed by atoms with Gasteiger partial charge in [-0.2, -0.15) is 5.10 Å². The summed E-state index contributed by atoms with van der Waals surface area (Å²) in [7, 11) is 1.60. The van der Waals surface area contributed by atoms with Gasteiger partial charge in [0.15, 0.2) is 0 Å². The van der Waals surface area contributed by atoms with E-state index in [2.05, 4.69) is 10.4 Å². The lowest BCUT2D eigenvalue weighted by Gasteiger charge is -2.41. The lowest BCUT2D eigenvalue weighted by atomic mass is 9.77. The fourth-order valence-corrected chi connectivity index (χ4v) is 3.58. The molecule has 2 aromatic rings. The maximum Gasteiger partial charge on any atom is 0.267 e. The first-order valence-electron chi connectivity index (χ1n) is 9.47. The van der Waals surface area contributed by atoms with Crippen LogP contribution in [0.2, 0.25) is 0 Å². The zero-order chi connectivity index (χ0) is 20.5. The Hall–Kier alpha value is -2.67. The van der Waals surface area contributed by atoms with E-state index in [1.165, 1.54) is 10.7 Å². The predicted octanol–water partition coefficient (Wildman–Crippen LogP) is 2.07. The number of carbonyl (C=O) groups excluding carboxylic acids is 1. The molecule has 28 heavy (non-hydrogen) atoms. The van der Waals surface area contributed by atoms with Crippen molar-refractivity contribution >= 4 is 5.91 Å². The van der Waals surface area contributed by atoms with Gasteiger partial charge in [0.25, 0.3) is 5.56 Å². The molecule has 1 amide bonds. The number of ether oxygens (including phenoxy) is 1. The fourth-order valence-electron chi connectivity index (χ4n) is 3.58. The number of aliphatic hydroxyl groups is 1. The van der Waals surface area contributed by atoms with Crippen molar-refractivity contribution in [2.45, 2.75) is 57.7 Å². The molecular weight excluding hydrogens is 358 g/mol. The Morgan fingerprint density at radius 1 is 1.39 bits per heavy atom. The Balaban J connectivity index is 1.84. The lowest BCUT2D eigenvalue weighted by molar-refractivity contribution is -0.125. The molecule has 1 aliphatic carbocycles. The summed E-state index contributed by atoms with van der Waals surface area (Å²) in [6.45, 7) is 5.60. The summed E-state index contributed by atoms with van der Waals surface area (Å²) in [5.74, 6) is 0.490. The van der Waals surface area contributed by atoms with Crippen LogP contribution in [0.4, 0.5) is 0 Å². The van der Waals surface area contributed by atoms with E-state index in [0.29, 0.717) is 18.6 Å². The number of amides is 1. The van der Waals surface area contributed by atoms with Gasteiger partial charge in [-0.3, -0.25) is 9.59 Å². The summed E-state index contributed by atoms with van der Waals surface area (Å²) >= 11 is 0. The van der Waals surface area contributed by atoms with Gasteiger partial charge in [-0.15, -0.1) is 0 Å². The Morgan fingerprint density at radius 2 is 2.11 bits per heavy atom. The van der Waals surface area contributed by atoms with Crippen LogP contribution in [0.3, 0.4) is 0 Å². The Bertz CT molecular complexity index is 925. The van der Waals surface area contributed by atoms with E-state index in [1.54, 1.807) is 14.0 Å². The van der Waals surface area contributed by atoms with Gasteiger partial charge in [-0.1, -0.05) is 26.0 Å². The molecule has 1 fully saturated rings. The molecule has 150 valence electrons. The standard InChI is InChI=1S/C21H27N3O4/c1-13(2)20-17(14-6-5-7-16(8-14)28-4)9-19(26)24(23-20)12-18(25)22-15-10-21(3,27)11-15/h5-9,13,15,27H,10-12H2,1-4H3,(H,22,25)/t15-,21+. The number of rotatable bonds is 6. The van der Waals surface area contributed by atoms with Crippen LogP contribution < -0.4 is 15.6 Å². The Morgan fingerprint density at radius 3 is 2.71 bits per heavy atom. The molecule has 1 saturated carbocycles. The van der Waals surface area contributed by atoms with Gasteiger partial charge in [0, 0.05) is 17.7 Å². The van der Waals surface area contributed by atoms with Gasteiger partial charge < -0.3 is 15.2 Å². The van der Waals surface area contributed by atoms with Crippen molar-refractivity contribution in [1.82, 2.24) is 15.1 Å². The minimum Gasteiger partial charge on any atom is -0.497 e. The number of hydrogen-bond acceptors (Lipinski definition) is 5. The van der Waals surface area contributed by atoms with Gasteiger partial charge in [0.2, 0.25) is 5.91 Å². The maximum atomic E-state index is 12.6. The highest BCUT2D eigenvalue weighted by Crippen LogP contribution is 2.31. The quantitative estimate of drug-likeness (QED) is 0.794. The maximum absolute atomic E-state index is 12.6. The van der Waals surface area contributed by atoms with Gasteiger partial charge in [0.1, 0.15) is 12.3 Å². The number of carbonyl (C=O) groups is 1. The van der Waals surface area contributed by atoms with Gasteiger partial charge in [-0.05, 0) is 43.4 Å². The molecular formula is C21H27N3O4. The van der Waals surface area contributed by atoms with E-state index in [1.807, 2.05) is 38.1 Å². The first-order chi connectivity index (χ1) is 13.2. The summed E-state index contributed by atoms with van der Waals surface area (Å²) in [6.07, 6.45) is 1.04. The van der Waals surface area contributed by atoms with Gasteiger partial charge in [-0.25, -0.2) is 4.68 Å². The minimum absolute atomic E-state index is 0.0566. The van der Waals surface area contributed by atoms with Crippen molar-refractivity contribution < 1.29 is 14.6 Å². The summed E-state index contributed by atoms with van der Waals surface area (Å²) in [6, 6.07) is 8.95. The molecule has 0 spiro atoms. The summed E-state index contributed by atoms with van der Waals surface area (Å²) < 4.78 is 6.48. The van der Waals surface area contributed by atoms with E-state index in [4.69, 9.17) is 4.74 Å². The normalized spacial score (nSPS) is 21.3. The molecule has 0 saturated heterocycles. The number of nitrogens with zero attached hydrogens (tertiary/aromatic N) is 2. The van der Waals surface area contributed by atoms with Crippen LogP contribution in [0, 0.1) is 0 Å². The molecule has 0 radical (unpaired) electrons. The summed E-state index contributed by atoms with van der Waals surface area (Å²) in [4.78, 5) is 24.9. The molecule has 1 aromatic carbocycles. The van der Waals surface area contributed by atoms with Crippen molar-refractivity contribution in [3.8, 4) is 16.9 Å². The fraction of sp³-hybridized carbons (Fsp3) is 0.476. The molecule has 2 N–H and O–H groups in total. The van der Waals surface area contributed by atoms with Crippen molar-refractivity contribution in [3.05, 3.63) is 46.4 Å². The third-order valence-electron chi connectivity index (χ3n) is 4.99. The average Bonchev–Trinajstić information content (AvgIpc) is 2.61. The van der Waals surface area contributed by atoms with E-state index in [0.717, 1.165) is 16.8 Å². The number of benzene rings is 1. The van der Waals surface area contributed by atoms with Crippen LogP contribution in [0.25, 0.3) is 11.1 Å². The molecule has 7 heteroatoms. The van der Waals surface area contributed by atoms with E-state index >= 15 is 0 Å². The molecule has 0 bridgehead atoms. The molecule has 0 aliphatic heterocycles. The molecule has 1 heterocycles. The van der Waals surface area contributed by atoms with Crippen LogP contribution in [0.1, 0.15) is 45.2 Å². The number of hydrogen-bond donors (Lipinski definition) is 2. The third kappa shape index (κ3) is 4.42. The first-order valence-corrected chi connectivity index (χ1v) is 9.47. The molecule has 0 atom stereocenters. The van der Waals surface area contributed by atoms with E-state index < -0.39 is 5.60 Å². The molecule has 3 rings (SSSR count). The lowest BCUT2D eigenvalue weighted by Crippen LogP contribution is -2.54. The van der Waals surface area contributed by atoms with Crippen LogP contribution in [0.5, 0.6) is 5.75 Å². The number of methoxy groups -OCH3 is 1. The van der Waals surface area contributed by atoms with Gasteiger partial charge >= 0.3 is 0 Å². The smallest absolute Gasteiger partial charge is 0.267 e. The number of aromatic nitrogens is 2. The zero-order valence-corrected chi connectivity index (χ0v) is 16.7. The second-order valence-electron chi connectivity index (χ2n) is 8.00. The summed E-state index contributed by atoms with van der Waals surface area (Å²) in [5, 5.41) is 17.1. The number of nitrogens with one attached hydrogen (secondary N) is 1. The van der Waals surface area contributed by atoms with E-state index in [9.17, 15) is 14.7 Å². The monoisotopic (exact) mass is 385 g/mol. The van der Waals surface area contributed by atoms with Gasteiger partial charge in [0.05, 0.1) is 18.4 Å². The second-order valence-corrected chi connectivity index (χ2v) is 8.00. The molecule has 7 nitrogen and oxygen atoms in total. The molecule has 1 aliphatic rings. The summed E-state index contributed by atoms with van der Waals surface area (Å²) in [5.41, 5.74) is 1.28. The highest BCUT2D eigenvalue weighted by molar-refractivity contribution is 5.76. The average molecular weight is 385 g/mol. The Labute approximate surface area is 164 Å². The second kappa shape index (κ2) is 7.75. The topological polar surface area (TPSA) is 93.5 Å². The molecule has 0 unspecified atom stereocenters. The largest absolute Gasteiger partial charge is 0.497 e. The predicted molar refractivity (Wildman–Crippen MR) is 106 cm³/mol. The van der Waals surface area contributed by atoms with Crippen molar-refractivity contribution in [2.75, 3.05) is 7.11 Å². The zero-order valence-electron chi connectivity index (χ0n) is 16.7. The highest BCUT2D eigenvalue weighted by Gasteiger charge is 2.39. The van der Waals surface area contributed by atoms with Crippen molar-refractivity contribution in [3.63, 3.8) is 0 Å². The van der Waals surface area contributed by atoms with Crippen LogP contribution in [-0.2, 0) is 11.3 Å². The van der Waals surface area contributed by atoms with Crippen LogP contribution in [-0.4, -0.2) is 39.5 Å². The SMILES string of the molecule is COc1cccc(-c2cc(=O)n(CC(=O)N[C@H]3C[C@@](C)(O)C3)nc2C(C)C)c1. The van der Waals surface area contributed by atoms with Crippen LogP contribution >= 0.6 is 0 Å². The van der Waals surface area contributed by atoms with Crippen molar-refractivity contribution in [2.24, 2.45) is 0 Å². The minimum atomic E-state index is -0.712.